The van der Waals surface area contributed by atoms with Gasteiger partial charge in [-0.15, -0.1) is 10.2 Å². The summed E-state index contributed by atoms with van der Waals surface area (Å²) in [6.07, 6.45) is 7.09. The minimum absolute atomic E-state index is 0.651. The topological polar surface area (TPSA) is 87.4 Å². The molecule has 1 aromatic carbocycles. The molecule has 0 fully saturated rings. The smallest absolute Gasteiger partial charge is 0.113 e. The van der Waals surface area contributed by atoms with Crippen LogP contribution in [0, 0.1) is 0 Å². The van der Waals surface area contributed by atoms with Gasteiger partial charge in [0.15, 0.2) is 0 Å². The van der Waals surface area contributed by atoms with E-state index in [9.17, 15) is 0 Å². The van der Waals surface area contributed by atoms with E-state index >= 15 is 0 Å². The minimum Gasteiger partial charge on any atom is -0.330 e. The van der Waals surface area contributed by atoms with E-state index in [-0.39, 0.29) is 0 Å². The van der Waals surface area contributed by atoms with Gasteiger partial charge in [-0.05, 0) is 25.5 Å². The Morgan fingerprint density at radius 3 is 2.04 bits per heavy atom. The summed E-state index contributed by atoms with van der Waals surface area (Å²) >= 11 is 0. The van der Waals surface area contributed by atoms with Crippen LogP contribution >= 0.6 is 0 Å². The molecule has 0 atom stereocenters. The lowest BCUT2D eigenvalue weighted by Crippen LogP contribution is -2.06. The molecule has 2 aromatic heterocycles. The van der Waals surface area contributed by atoms with Gasteiger partial charge in [-0.2, -0.15) is 0 Å². The number of rotatable bonds is 8. The maximum absolute atomic E-state index is 5.53. The quantitative estimate of drug-likeness (QED) is 0.687. The largest absolute Gasteiger partial charge is 0.330 e. The third-order valence-corrected chi connectivity index (χ3v) is 3.86. The molecule has 7 nitrogen and oxygen atoms in total. The number of nitrogens with zero attached hydrogens (tertiary/aromatic N) is 6. The molecule has 0 amide bonds. The van der Waals surface area contributed by atoms with Gasteiger partial charge in [0, 0.05) is 24.2 Å². The third kappa shape index (κ3) is 3.86. The molecule has 0 aliphatic rings. The first kappa shape index (κ1) is 16.3. The van der Waals surface area contributed by atoms with Crippen LogP contribution in [-0.2, 0) is 13.1 Å². The molecule has 0 saturated carbocycles. The molecular weight excluding hydrogens is 302 g/mol. The van der Waals surface area contributed by atoms with Gasteiger partial charge in [-0.1, -0.05) is 42.0 Å². The minimum atomic E-state index is 0.651. The monoisotopic (exact) mass is 325 g/mol. The second-order valence-electron chi connectivity index (χ2n) is 5.81. The van der Waals surface area contributed by atoms with E-state index in [1.165, 1.54) is 0 Å². The summed E-state index contributed by atoms with van der Waals surface area (Å²) in [5.74, 6) is 0. The van der Waals surface area contributed by atoms with E-state index in [0.717, 1.165) is 54.9 Å². The van der Waals surface area contributed by atoms with Crippen molar-refractivity contribution >= 4 is 0 Å². The number of hydrogen-bond donors (Lipinski definition) is 1. The maximum Gasteiger partial charge on any atom is 0.113 e. The average Bonchev–Trinajstić information content (AvgIpc) is 3.28. The summed E-state index contributed by atoms with van der Waals surface area (Å²) in [5.41, 5.74) is 9.32. The number of unbranched alkanes of at least 4 members (excludes halogenated alkanes) is 1. The van der Waals surface area contributed by atoms with Crippen LogP contribution in [-0.4, -0.2) is 36.5 Å². The summed E-state index contributed by atoms with van der Waals surface area (Å²) in [6.45, 7) is 4.51. The average molecular weight is 325 g/mol. The van der Waals surface area contributed by atoms with Gasteiger partial charge in [0.05, 0.1) is 12.4 Å². The van der Waals surface area contributed by atoms with Crippen LogP contribution < -0.4 is 5.73 Å². The lowest BCUT2D eigenvalue weighted by atomic mass is 10.1. The summed E-state index contributed by atoms with van der Waals surface area (Å²) in [7, 11) is 0. The normalized spacial score (nSPS) is 11.1. The van der Waals surface area contributed by atoms with Gasteiger partial charge in [-0.25, -0.2) is 0 Å². The molecule has 24 heavy (non-hydrogen) atoms. The van der Waals surface area contributed by atoms with Crippen LogP contribution in [0.5, 0.6) is 0 Å². The van der Waals surface area contributed by atoms with Crippen LogP contribution in [0.4, 0.5) is 0 Å². The molecule has 0 spiro atoms. The highest BCUT2D eigenvalue weighted by molar-refractivity contribution is 5.68. The summed E-state index contributed by atoms with van der Waals surface area (Å²) in [5, 5.41) is 16.9. The molecule has 0 bridgehead atoms. The first-order chi connectivity index (χ1) is 11.8. The molecule has 126 valence electrons. The molecule has 0 aliphatic heterocycles. The Labute approximate surface area is 141 Å². The zero-order chi connectivity index (χ0) is 16.8. The summed E-state index contributed by atoms with van der Waals surface area (Å²) < 4.78 is 3.73. The lowest BCUT2D eigenvalue weighted by Gasteiger charge is -2.00. The van der Waals surface area contributed by atoms with Gasteiger partial charge in [0.2, 0.25) is 0 Å². The highest BCUT2D eigenvalue weighted by Gasteiger charge is 2.08. The number of benzene rings is 1. The number of aryl methyl sites for hydroxylation is 2. The summed E-state index contributed by atoms with van der Waals surface area (Å²) in [6, 6.07) is 8.15. The Morgan fingerprint density at radius 1 is 0.917 bits per heavy atom. The Balaban J connectivity index is 1.78. The molecule has 0 unspecified atom stereocenters. The van der Waals surface area contributed by atoms with Crippen molar-refractivity contribution in [2.45, 2.75) is 39.3 Å². The molecular formula is C17H23N7. The lowest BCUT2D eigenvalue weighted by molar-refractivity contribution is 0.553. The fraction of sp³-hybridized carbons (Fsp3) is 0.412. The van der Waals surface area contributed by atoms with Crippen LogP contribution in [0.1, 0.15) is 26.2 Å². The van der Waals surface area contributed by atoms with Crippen molar-refractivity contribution < 1.29 is 0 Å². The Hall–Kier alpha value is -2.54. The number of nitrogens with two attached hydrogens (primary N) is 1. The van der Waals surface area contributed by atoms with Crippen molar-refractivity contribution in [1.29, 1.82) is 0 Å². The summed E-state index contributed by atoms with van der Waals surface area (Å²) in [4.78, 5) is 0. The first-order valence-corrected chi connectivity index (χ1v) is 8.41. The van der Waals surface area contributed by atoms with E-state index in [1.807, 2.05) is 40.0 Å². The van der Waals surface area contributed by atoms with Gasteiger partial charge < -0.3 is 5.73 Å². The van der Waals surface area contributed by atoms with E-state index in [4.69, 9.17) is 5.73 Å². The Bertz CT molecular complexity index is 713. The van der Waals surface area contributed by atoms with Crippen molar-refractivity contribution in [2.75, 3.05) is 6.54 Å². The van der Waals surface area contributed by atoms with Crippen LogP contribution in [0.15, 0.2) is 36.7 Å². The van der Waals surface area contributed by atoms with Gasteiger partial charge >= 0.3 is 0 Å². The molecule has 3 aromatic rings. The second kappa shape index (κ2) is 7.83. The van der Waals surface area contributed by atoms with E-state index < -0.39 is 0 Å². The molecule has 0 radical (unpaired) electrons. The standard InChI is InChI=1S/C17H23N7/c1-2-3-9-23-12-16(19-21-23)14-6-4-7-15(11-14)17-13-24(22-20-17)10-5-8-18/h4,6-7,11-13H,2-3,5,8-10,18H2,1H3. The van der Waals surface area contributed by atoms with Gasteiger partial charge in [0.1, 0.15) is 11.4 Å². The van der Waals surface area contributed by atoms with Crippen molar-refractivity contribution in [3.05, 3.63) is 36.7 Å². The fourth-order valence-corrected chi connectivity index (χ4v) is 2.49. The highest BCUT2D eigenvalue weighted by atomic mass is 15.4. The Morgan fingerprint density at radius 2 is 1.50 bits per heavy atom. The SMILES string of the molecule is CCCCn1cc(-c2cccc(-c3cn(CCCN)nn3)c2)nn1. The van der Waals surface area contributed by atoms with Crippen molar-refractivity contribution in [3.63, 3.8) is 0 Å². The third-order valence-electron chi connectivity index (χ3n) is 3.86. The predicted molar refractivity (Wildman–Crippen MR) is 93.1 cm³/mol. The fourth-order valence-electron chi connectivity index (χ4n) is 2.49. The highest BCUT2D eigenvalue weighted by Crippen LogP contribution is 2.23. The van der Waals surface area contributed by atoms with Crippen LogP contribution in [0.3, 0.4) is 0 Å². The Kier molecular flexibility index (Phi) is 5.32. The molecule has 0 saturated heterocycles. The first-order valence-electron chi connectivity index (χ1n) is 8.41. The second-order valence-corrected chi connectivity index (χ2v) is 5.81. The maximum atomic E-state index is 5.53. The van der Waals surface area contributed by atoms with Gasteiger partial charge in [0.25, 0.3) is 0 Å². The molecule has 2 N–H and O–H groups in total. The zero-order valence-corrected chi connectivity index (χ0v) is 14.0. The molecule has 0 aliphatic carbocycles. The van der Waals surface area contributed by atoms with Crippen LogP contribution in [0.2, 0.25) is 0 Å². The van der Waals surface area contributed by atoms with E-state index in [2.05, 4.69) is 33.6 Å². The van der Waals surface area contributed by atoms with Crippen molar-refractivity contribution in [3.8, 4) is 22.5 Å². The zero-order valence-electron chi connectivity index (χ0n) is 14.0. The van der Waals surface area contributed by atoms with Crippen LogP contribution in [0.25, 0.3) is 22.5 Å². The van der Waals surface area contributed by atoms with Crippen molar-refractivity contribution in [2.24, 2.45) is 5.73 Å². The van der Waals surface area contributed by atoms with E-state index in [1.54, 1.807) is 0 Å². The van der Waals surface area contributed by atoms with E-state index in [0.29, 0.717) is 6.54 Å². The molecule has 3 rings (SSSR count). The number of aromatic nitrogens is 6. The van der Waals surface area contributed by atoms with Crippen molar-refractivity contribution in [1.82, 2.24) is 30.0 Å². The molecule has 2 heterocycles. The number of hydrogen-bond acceptors (Lipinski definition) is 5. The molecule has 7 heteroatoms. The van der Waals surface area contributed by atoms with Gasteiger partial charge in [-0.3, -0.25) is 9.36 Å². The predicted octanol–water partition coefficient (Wildman–Crippen LogP) is 2.35.